The van der Waals surface area contributed by atoms with Crippen molar-refractivity contribution < 1.29 is 47.4 Å². The van der Waals surface area contributed by atoms with E-state index in [0.29, 0.717) is 5.75 Å². The molecule has 2 amide bonds. The molecule has 0 radical (unpaired) electrons. The third-order valence-electron chi connectivity index (χ3n) is 4.51. The van der Waals surface area contributed by atoms with Gasteiger partial charge in [0.15, 0.2) is 11.2 Å². The molecule has 0 aromatic rings. The van der Waals surface area contributed by atoms with Crippen LogP contribution in [0.5, 0.6) is 0 Å². The van der Waals surface area contributed by atoms with Crippen LogP contribution < -0.4 is 15.7 Å². The smallest absolute Gasteiger partial charge is 0.407 e. The standard InChI is InChI=1S/C19H32N3O10PS/c1-12(24)9-15(26)34-8-7-20-14(25)5-6-21-17(27)16-19(2,3)11-31-33(29,32-16)22-13(10-23)18(28)30-4/h13,16,23H,5-11H2,1-4H3,(H,20,25)(H,21,27)(H,22,29)/t13-,16-,33?/m0/s1. The number of Topliss-reactive ketones (excluding diaryl/α,β-unsaturated/α-hetero) is 1. The van der Waals surface area contributed by atoms with Gasteiger partial charge in [0, 0.05) is 30.7 Å². The lowest BCUT2D eigenvalue weighted by atomic mass is 9.87. The molecule has 1 saturated heterocycles. The van der Waals surface area contributed by atoms with Gasteiger partial charge in [0.2, 0.25) is 11.8 Å². The summed E-state index contributed by atoms with van der Waals surface area (Å²) in [6, 6.07) is -1.37. The highest BCUT2D eigenvalue weighted by atomic mass is 32.2. The molecule has 1 heterocycles. The van der Waals surface area contributed by atoms with E-state index in [1.807, 2.05) is 0 Å². The molecule has 34 heavy (non-hydrogen) atoms. The van der Waals surface area contributed by atoms with Crippen LogP contribution in [0.25, 0.3) is 0 Å². The number of aliphatic hydroxyl groups is 1. The van der Waals surface area contributed by atoms with Crippen molar-refractivity contribution >= 4 is 48.2 Å². The van der Waals surface area contributed by atoms with E-state index in [9.17, 15) is 33.6 Å². The third kappa shape index (κ3) is 10.2. The Hall–Kier alpha value is -1.83. The maximum absolute atomic E-state index is 12.9. The molecule has 0 aromatic carbocycles. The summed E-state index contributed by atoms with van der Waals surface area (Å²) in [5.74, 6) is -1.78. The highest BCUT2D eigenvalue weighted by Gasteiger charge is 2.49. The number of carbonyl (C=O) groups excluding carboxylic acids is 5. The molecule has 15 heteroatoms. The number of ether oxygens (including phenoxy) is 1. The van der Waals surface area contributed by atoms with Crippen molar-refractivity contribution in [2.45, 2.75) is 45.8 Å². The first-order valence-corrected chi connectivity index (χ1v) is 13.0. The van der Waals surface area contributed by atoms with Crippen LogP contribution in [0.15, 0.2) is 0 Å². The number of ketones is 1. The third-order valence-corrected chi connectivity index (χ3v) is 6.97. The van der Waals surface area contributed by atoms with Crippen LogP contribution in [0.4, 0.5) is 0 Å². The number of rotatable bonds is 13. The molecule has 194 valence electrons. The summed E-state index contributed by atoms with van der Waals surface area (Å²) < 4.78 is 28.0. The number of nitrogens with one attached hydrogen (secondary N) is 3. The van der Waals surface area contributed by atoms with E-state index in [2.05, 4.69) is 20.5 Å². The van der Waals surface area contributed by atoms with Gasteiger partial charge < -0.3 is 20.5 Å². The molecule has 4 N–H and O–H groups in total. The van der Waals surface area contributed by atoms with Crippen molar-refractivity contribution in [3.8, 4) is 0 Å². The number of hydrogen-bond acceptors (Lipinski definition) is 11. The summed E-state index contributed by atoms with van der Waals surface area (Å²) >= 11 is 0.953. The van der Waals surface area contributed by atoms with Crippen LogP contribution >= 0.6 is 19.5 Å². The monoisotopic (exact) mass is 525 g/mol. The van der Waals surface area contributed by atoms with Crippen LogP contribution in [-0.2, 0) is 42.3 Å². The Morgan fingerprint density at radius 2 is 1.88 bits per heavy atom. The lowest BCUT2D eigenvalue weighted by molar-refractivity contribution is -0.144. The van der Waals surface area contributed by atoms with Crippen molar-refractivity contribution in [1.29, 1.82) is 0 Å². The molecule has 0 aliphatic carbocycles. The number of amides is 2. The molecule has 1 aliphatic rings. The fraction of sp³-hybridized carbons (Fsp3) is 0.737. The zero-order valence-electron chi connectivity index (χ0n) is 19.6. The summed E-state index contributed by atoms with van der Waals surface area (Å²) in [6.07, 6.45) is -1.43. The summed E-state index contributed by atoms with van der Waals surface area (Å²) in [5.41, 5.74) is -0.883. The van der Waals surface area contributed by atoms with Gasteiger partial charge in [-0.15, -0.1) is 0 Å². The number of carbonyl (C=O) groups is 5. The molecule has 13 nitrogen and oxygen atoms in total. The van der Waals surface area contributed by atoms with Gasteiger partial charge in [-0.2, -0.15) is 0 Å². The lowest BCUT2D eigenvalue weighted by Crippen LogP contribution is -2.52. The van der Waals surface area contributed by atoms with Gasteiger partial charge >= 0.3 is 13.7 Å². The number of esters is 1. The second kappa shape index (κ2) is 13.9. The molecular weight excluding hydrogens is 493 g/mol. The van der Waals surface area contributed by atoms with Gasteiger partial charge in [-0.05, 0) is 6.92 Å². The van der Waals surface area contributed by atoms with Gasteiger partial charge in [0.1, 0.15) is 11.8 Å². The first-order chi connectivity index (χ1) is 15.8. The molecule has 3 atom stereocenters. The van der Waals surface area contributed by atoms with Crippen LogP contribution in [-0.4, -0.2) is 85.1 Å². The normalized spacial score (nSPS) is 22.3. The maximum atomic E-state index is 12.9. The van der Waals surface area contributed by atoms with E-state index in [1.165, 1.54) is 6.92 Å². The minimum atomic E-state index is -4.13. The van der Waals surface area contributed by atoms with E-state index in [1.54, 1.807) is 13.8 Å². The fourth-order valence-corrected chi connectivity index (χ4v) is 5.36. The zero-order chi connectivity index (χ0) is 25.9. The largest absolute Gasteiger partial charge is 0.468 e. The van der Waals surface area contributed by atoms with Crippen molar-refractivity contribution in [3.63, 3.8) is 0 Å². The van der Waals surface area contributed by atoms with Gasteiger partial charge in [0.05, 0.1) is 26.7 Å². The highest BCUT2D eigenvalue weighted by molar-refractivity contribution is 8.13. The van der Waals surface area contributed by atoms with Crippen molar-refractivity contribution in [3.05, 3.63) is 0 Å². The summed E-state index contributed by atoms with van der Waals surface area (Å²) in [6.45, 7) is 3.95. The van der Waals surface area contributed by atoms with E-state index in [0.717, 1.165) is 18.9 Å². The van der Waals surface area contributed by atoms with Gasteiger partial charge in [0.25, 0.3) is 0 Å². The Kier molecular flexibility index (Phi) is 12.4. The maximum Gasteiger partial charge on any atom is 0.407 e. The van der Waals surface area contributed by atoms with Crippen molar-refractivity contribution in [2.75, 3.05) is 39.2 Å². The van der Waals surface area contributed by atoms with Crippen LogP contribution in [0.3, 0.4) is 0 Å². The van der Waals surface area contributed by atoms with Gasteiger partial charge in [-0.1, -0.05) is 25.6 Å². The summed E-state index contributed by atoms with van der Waals surface area (Å²) in [4.78, 5) is 58.5. The lowest BCUT2D eigenvalue weighted by Gasteiger charge is -2.40. The summed E-state index contributed by atoms with van der Waals surface area (Å²) in [7, 11) is -3.04. The average Bonchev–Trinajstić information content (AvgIpc) is 2.76. The zero-order valence-corrected chi connectivity index (χ0v) is 21.3. The Morgan fingerprint density at radius 3 is 2.47 bits per heavy atom. The second-order valence-corrected chi connectivity index (χ2v) is 11.0. The van der Waals surface area contributed by atoms with E-state index in [4.69, 9.17) is 9.05 Å². The fourth-order valence-electron chi connectivity index (χ4n) is 2.70. The highest BCUT2D eigenvalue weighted by Crippen LogP contribution is 2.53. The Balaban J connectivity index is 2.51. The molecule has 1 unspecified atom stereocenters. The Labute approximate surface area is 202 Å². The molecule has 1 fully saturated rings. The average molecular weight is 526 g/mol. The minimum absolute atomic E-state index is 0.0307. The number of thioether (sulfide) groups is 1. The minimum Gasteiger partial charge on any atom is -0.468 e. The Bertz CT molecular complexity index is 822. The predicted octanol–water partition coefficient (Wildman–Crippen LogP) is -0.479. The molecular formula is C19H32N3O10PS. The predicted molar refractivity (Wildman–Crippen MR) is 122 cm³/mol. The van der Waals surface area contributed by atoms with E-state index < -0.39 is 43.8 Å². The SMILES string of the molecule is COC(=O)[C@H](CO)NP1(=O)OCC(C)(C)[C@H](C(=O)NCCC(=O)NCCSC(=O)CC(C)=O)O1. The molecule has 0 spiro atoms. The topological polar surface area (TPSA) is 186 Å². The number of hydrogen-bond donors (Lipinski definition) is 4. The van der Waals surface area contributed by atoms with Crippen LogP contribution in [0.1, 0.15) is 33.6 Å². The van der Waals surface area contributed by atoms with Gasteiger partial charge in [-0.3, -0.25) is 33.0 Å². The summed E-state index contributed by atoms with van der Waals surface area (Å²) in [5, 5.41) is 16.5. The van der Waals surface area contributed by atoms with Crippen LogP contribution in [0, 0.1) is 5.41 Å². The first-order valence-electron chi connectivity index (χ1n) is 10.4. The molecule has 1 aliphatic heterocycles. The quantitative estimate of drug-likeness (QED) is 0.105. The first kappa shape index (κ1) is 30.2. The molecule has 1 rings (SSSR count). The van der Waals surface area contributed by atoms with Gasteiger partial charge in [-0.25, -0.2) is 9.65 Å². The Morgan fingerprint density at radius 1 is 1.21 bits per heavy atom. The van der Waals surface area contributed by atoms with Crippen molar-refractivity contribution in [2.24, 2.45) is 5.41 Å². The van der Waals surface area contributed by atoms with E-state index in [-0.39, 0.29) is 49.3 Å². The number of methoxy groups -OCH3 is 1. The molecule has 0 aromatic heterocycles. The van der Waals surface area contributed by atoms with Crippen molar-refractivity contribution in [1.82, 2.24) is 15.7 Å². The van der Waals surface area contributed by atoms with E-state index >= 15 is 0 Å². The van der Waals surface area contributed by atoms with Crippen LogP contribution in [0.2, 0.25) is 0 Å². The number of aliphatic hydroxyl groups excluding tert-OH is 1. The molecule has 0 bridgehead atoms. The molecule has 0 saturated carbocycles. The second-order valence-electron chi connectivity index (χ2n) is 8.12.